The second kappa shape index (κ2) is 9.29. The number of aromatic hydroxyl groups is 1. The number of ether oxygens (including phenoxy) is 1. The Labute approximate surface area is 190 Å². The average molecular weight is 468 g/mol. The number of methoxy groups -OCH3 is 1. The lowest BCUT2D eigenvalue weighted by Gasteiger charge is -2.11. The van der Waals surface area contributed by atoms with Crippen LogP contribution in [0.2, 0.25) is 0 Å². The minimum atomic E-state index is -3.77. The van der Waals surface area contributed by atoms with Gasteiger partial charge >= 0.3 is 0 Å². The van der Waals surface area contributed by atoms with Crippen molar-refractivity contribution < 1.29 is 18.3 Å². The highest BCUT2D eigenvalue weighted by Gasteiger charge is 2.16. The van der Waals surface area contributed by atoms with Crippen LogP contribution in [0, 0.1) is 0 Å². The Morgan fingerprint density at radius 2 is 1.75 bits per heavy atom. The van der Waals surface area contributed by atoms with Gasteiger partial charge in [-0.25, -0.2) is 13.4 Å². The van der Waals surface area contributed by atoms with Gasteiger partial charge < -0.3 is 15.2 Å². The third-order valence-electron chi connectivity index (χ3n) is 4.75. The average Bonchev–Trinajstić information content (AvgIpc) is 3.27. The number of sulfonamides is 1. The van der Waals surface area contributed by atoms with Crippen molar-refractivity contribution in [2.24, 2.45) is 0 Å². The largest absolute Gasteiger partial charge is 0.504 e. The zero-order valence-corrected chi connectivity index (χ0v) is 18.8. The summed E-state index contributed by atoms with van der Waals surface area (Å²) >= 11 is 1.23. The summed E-state index contributed by atoms with van der Waals surface area (Å²) < 4.78 is 33.1. The van der Waals surface area contributed by atoms with Gasteiger partial charge in [0, 0.05) is 28.7 Å². The summed E-state index contributed by atoms with van der Waals surface area (Å²) in [6.07, 6.45) is 0. The molecule has 0 unspecified atom stereocenters. The molecule has 3 aromatic carbocycles. The van der Waals surface area contributed by atoms with Crippen molar-refractivity contribution in [1.29, 1.82) is 0 Å². The van der Waals surface area contributed by atoms with Crippen molar-refractivity contribution in [3.63, 3.8) is 0 Å². The SMILES string of the molecule is COc1cccc(CNc2ccc(S(=O)(=O)Nc3nc(-c4ccccc4)cs3)cc2)c1O. The lowest BCUT2D eigenvalue weighted by Crippen LogP contribution is -2.12. The molecule has 0 spiro atoms. The number of phenols is 1. The fourth-order valence-electron chi connectivity index (χ4n) is 3.06. The van der Waals surface area contributed by atoms with Gasteiger partial charge in [0.25, 0.3) is 10.0 Å². The molecule has 3 N–H and O–H groups in total. The summed E-state index contributed by atoms with van der Waals surface area (Å²) in [4.78, 5) is 4.50. The molecule has 32 heavy (non-hydrogen) atoms. The zero-order chi connectivity index (χ0) is 22.6. The highest BCUT2D eigenvalue weighted by atomic mass is 32.2. The second-order valence-corrected chi connectivity index (χ2v) is 9.40. The van der Waals surface area contributed by atoms with E-state index in [-0.39, 0.29) is 10.6 Å². The van der Waals surface area contributed by atoms with Crippen LogP contribution in [0.1, 0.15) is 5.56 Å². The smallest absolute Gasteiger partial charge is 0.263 e. The number of thiazole rings is 1. The minimum absolute atomic E-state index is 0.0733. The highest BCUT2D eigenvalue weighted by molar-refractivity contribution is 7.93. The first-order valence-electron chi connectivity index (χ1n) is 9.69. The molecule has 1 heterocycles. The van der Waals surface area contributed by atoms with E-state index in [0.29, 0.717) is 34.4 Å². The number of hydrogen-bond donors (Lipinski definition) is 3. The normalized spacial score (nSPS) is 11.2. The molecule has 1 aromatic heterocycles. The number of phenolic OH excluding ortho intramolecular Hbond substituents is 1. The van der Waals surface area contributed by atoms with Crippen molar-refractivity contribution in [3.8, 4) is 22.8 Å². The maximum absolute atomic E-state index is 12.7. The van der Waals surface area contributed by atoms with Gasteiger partial charge in [-0.2, -0.15) is 0 Å². The van der Waals surface area contributed by atoms with E-state index in [4.69, 9.17) is 4.74 Å². The first kappa shape index (κ1) is 21.7. The van der Waals surface area contributed by atoms with Gasteiger partial charge in [0.15, 0.2) is 16.6 Å². The summed E-state index contributed by atoms with van der Waals surface area (Å²) in [5.41, 5.74) is 3.02. The van der Waals surface area contributed by atoms with Crippen LogP contribution in [0.25, 0.3) is 11.3 Å². The van der Waals surface area contributed by atoms with Crippen LogP contribution in [-0.4, -0.2) is 25.6 Å². The van der Waals surface area contributed by atoms with Gasteiger partial charge in [0.05, 0.1) is 17.7 Å². The predicted molar refractivity (Wildman–Crippen MR) is 127 cm³/mol. The first-order valence-corrected chi connectivity index (χ1v) is 12.0. The Morgan fingerprint density at radius 1 is 1.00 bits per heavy atom. The number of rotatable bonds is 8. The van der Waals surface area contributed by atoms with Crippen LogP contribution in [-0.2, 0) is 16.6 Å². The third-order valence-corrected chi connectivity index (χ3v) is 6.99. The van der Waals surface area contributed by atoms with Crippen LogP contribution >= 0.6 is 11.3 Å². The molecule has 0 aliphatic carbocycles. The maximum atomic E-state index is 12.7. The fraction of sp³-hybridized carbons (Fsp3) is 0.0870. The van der Waals surface area contributed by atoms with Gasteiger partial charge in [-0.3, -0.25) is 4.72 Å². The third kappa shape index (κ3) is 4.84. The second-order valence-electron chi connectivity index (χ2n) is 6.86. The Kier molecular flexibility index (Phi) is 6.29. The topological polar surface area (TPSA) is 101 Å². The molecule has 4 aromatic rings. The van der Waals surface area contributed by atoms with Gasteiger partial charge in [0.1, 0.15) is 0 Å². The van der Waals surface area contributed by atoms with Gasteiger partial charge in [-0.1, -0.05) is 42.5 Å². The Morgan fingerprint density at radius 3 is 2.47 bits per heavy atom. The quantitative estimate of drug-likeness (QED) is 0.339. The monoisotopic (exact) mass is 467 g/mol. The Balaban J connectivity index is 1.42. The van der Waals surface area contributed by atoms with Crippen molar-refractivity contribution >= 4 is 32.2 Å². The number of hydrogen-bond acceptors (Lipinski definition) is 7. The molecule has 7 nitrogen and oxygen atoms in total. The van der Waals surface area contributed by atoms with E-state index < -0.39 is 10.0 Å². The summed E-state index contributed by atoms with van der Waals surface area (Å²) in [7, 11) is -2.27. The van der Waals surface area contributed by atoms with Gasteiger partial charge in [-0.15, -0.1) is 11.3 Å². The van der Waals surface area contributed by atoms with E-state index in [2.05, 4.69) is 15.0 Å². The molecule has 0 atom stereocenters. The van der Waals surface area contributed by atoms with Crippen LogP contribution in [0.3, 0.4) is 0 Å². The molecule has 0 saturated heterocycles. The van der Waals surface area contributed by atoms with Crippen LogP contribution in [0.5, 0.6) is 11.5 Å². The van der Waals surface area contributed by atoms with Crippen molar-refractivity contribution in [1.82, 2.24) is 4.98 Å². The summed E-state index contributed by atoms with van der Waals surface area (Å²) in [5, 5.41) is 15.5. The summed E-state index contributed by atoms with van der Waals surface area (Å²) in [6, 6.07) is 21.2. The number of benzene rings is 3. The fourth-order valence-corrected chi connectivity index (χ4v) is 5.03. The molecule has 9 heteroatoms. The number of nitrogens with one attached hydrogen (secondary N) is 2. The Hall–Kier alpha value is -3.56. The molecular weight excluding hydrogens is 446 g/mol. The Bertz CT molecular complexity index is 1300. The summed E-state index contributed by atoms with van der Waals surface area (Å²) in [5.74, 6) is 0.471. The van der Waals surface area contributed by atoms with E-state index in [1.165, 1.54) is 30.6 Å². The van der Waals surface area contributed by atoms with E-state index in [1.807, 2.05) is 35.7 Å². The number of aromatic nitrogens is 1. The van der Waals surface area contributed by atoms with E-state index in [0.717, 1.165) is 5.56 Å². The van der Waals surface area contributed by atoms with Crippen LogP contribution in [0.4, 0.5) is 10.8 Å². The number of nitrogens with zero attached hydrogens (tertiary/aromatic N) is 1. The van der Waals surface area contributed by atoms with Crippen LogP contribution in [0.15, 0.2) is 83.1 Å². The van der Waals surface area contributed by atoms with Crippen LogP contribution < -0.4 is 14.8 Å². The highest BCUT2D eigenvalue weighted by Crippen LogP contribution is 2.30. The lowest BCUT2D eigenvalue weighted by atomic mass is 10.2. The van der Waals surface area contributed by atoms with Gasteiger partial charge in [0.2, 0.25) is 0 Å². The molecule has 0 saturated carbocycles. The number of anilines is 2. The molecule has 0 amide bonds. The molecular formula is C23H21N3O4S2. The standard InChI is InChI=1S/C23H21N3O4S2/c1-30-21-9-5-8-17(22(21)27)14-24-18-10-12-19(13-11-18)32(28,29)26-23-25-20(15-31-23)16-6-3-2-4-7-16/h2-13,15,24,27H,14H2,1H3,(H,25,26). The van der Waals surface area contributed by atoms with Crippen molar-refractivity contribution in [2.45, 2.75) is 11.4 Å². The minimum Gasteiger partial charge on any atom is -0.504 e. The number of para-hydroxylation sites is 1. The molecule has 0 radical (unpaired) electrons. The molecule has 0 aliphatic rings. The maximum Gasteiger partial charge on any atom is 0.263 e. The van der Waals surface area contributed by atoms with E-state index >= 15 is 0 Å². The van der Waals surface area contributed by atoms with E-state index in [1.54, 1.807) is 30.3 Å². The lowest BCUT2D eigenvalue weighted by molar-refractivity contribution is 0.371. The van der Waals surface area contributed by atoms with E-state index in [9.17, 15) is 13.5 Å². The zero-order valence-electron chi connectivity index (χ0n) is 17.1. The van der Waals surface area contributed by atoms with Gasteiger partial charge in [-0.05, 0) is 30.3 Å². The van der Waals surface area contributed by atoms with Crippen molar-refractivity contribution in [2.75, 3.05) is 17.1 Å². The molecule has 164 valence electrons. The van der Waals surface area contributed by atoms with Crippen molar-refractivity contribution in [3.05, 3.63) is 83.7 Å². The molecule has 0 fully saturated rings. The molecule has 0 bridgehead atoms. The molecule has 4 rings (SSSR count). The first-order chi connectivity index (χ1) is 15.5. The predicted octanol–water partition coefficient (Wildman–Crippen LogP) is 4.94. The molecule has 0 aliphatic heterocycles. The summed E-state index contributed by atoms with van der Waals surface area (Å²) in [6.45, 7) is 0.356.